The van der Waals surface area contributed by atoms with E-state index in [1.807, 2.05) is 101 Å². The van der Waals surface area contributed by atoms with Gasteiger partial charge in [-0.05, 0) is 62.2 Å². The molecule has 3 aromatic carbocycles. The normalized spacial score (nSPS) is 11.4. The number of para-hydroxylation sites is 1. The second-order valence-corrected chi connectivity index (χ2v) is 7.61. The number of aryl methyl sites for hydroxylation is 2. The predicted octanol–water partition coefficient (Wildman–Crippen LogP) is 7.38. The average Bonchev–Trinajstić information content (AvgIpc) is 3.29. The van der Waals surface area contributed by atoms with Crippen molar-refractivity contribution >= 4 is 34.3 Å². The SMILES string of the molecule is C/C(=N/N(C)c1cccc(C)c1)c1cc2c(/C=N\Nc3ccccc3)ccc(C)c2o1.CC. The smallest absolute Gasteiger partial charge is 0.151 e. The molecular formula is C28H32N4O. The molecule has 1 N–H and O–H groups in total. The summed E-state index contributed by atoms with van der Waals surface area (Å²) in [5.74, 6) is 0.745. The molecule has 0 fully saturated rings. The van der Waals surface area contributed by atoms with Gasteiger partial charge in [0.25, 0.3) is 0 Å². The quantitative estimate of drug-likeness (QED) is 0.251. The van der Waals surface area contributed by atoms with Crippen LogP contribution >= 0.6 is 0 Å². The molecule has 4 aromatic rings. The van der Waals surface area contributed by atoms with Gasteiger partial charge in [0.1, 0.15) is 11.3 Å². The molecule has 170 valence electrons. The van der Waals surface area contributed by atoms with Crippen molar-refractivity contribution in [2.24, 2.45) is 10.2 Å². The molecule has 0 spiro atoms. The van der Waals surface area contributed by atoms with Crippen molar-refractivity contribution in [1.29, 1.82) is 0 Å². The highest BCUT2D eigenvalue weighted by Gasteiger charge is 2.12. The van der Waals surface area contributed by atoms with E-state index in [4.69, 9.17) is 9.52 Å². The fourth-order valence-electron chi connectivity index (χ4n) is 3.42. The van der Waals surface area contributed by atoms with E-state index < -0.39 is 0 Å². The van der Waals surface area contributed by atoms with E-state index in [1.54, 1.807) is 0 Å². The van der Waals surface area contributed by atoms with Crippen molar-refractivity contribution < 1.29 is 4.42 Å². The Hall–Kier alpha value is -3.86. The molecule has 5 nitrogen and oxygen atoms in total. The molecular weight excluding hydrogens is 408 g/mol. The maximum atomic E-state index is 6.19. The first-order valence-corrected chi connectivity index (χ1v) is 11.2. The van der Waals surface area contributed by atoms with Gasteiger partial charge < -0.3 is 4.42 Å². The fourth-order valence-corrected chi connectivity index (χ4v) is 3.42. The van der Waals surface area contributed by atoms with Crippen LogP contribution in [0.4, 0.5) is 11.4 Å². The van der Waals surface area contributed by atoms with Crippen molar-refractivity contribution in [2.75, 3.05) is 17.5 Å². The van der Waals surface area contributed by atoms with E-state index in [0.29, 0.717) is 0 Å². The number of benzene rings is 3. The Kier molecular flexibility index (Phi) is 8.03. The Morgan fingerprint density at radius 3 is 2.42 bits per heavy atom. The van der Waals surface area contributed by atoms with Gasteiger partial charge in [0.15, 0.2) is 5.76 Å². The van der Waals surface area contributed by atoms with E-state index in [-0.39, 0.29) is 0 Å². The lowest BCUT2D eigenvalue weighted by Gasteiger charge is -2.14. The molecule has 0 radical (unpaired) electrons. The molecule has 1 heterocycles. The molecule has 0 aliphatic rings. The van der Waals surface area contributed by atoms with E-state index in [9.17, 15) is 0 Å². The maximum Gasteiger partial charge on any atom is 0.151 e. The first-order chi connectivity index (χ1) is 16.0. The number of nitrogens with one attached hydrogen (secondary N) is 1. The summed E-state index contributed by atoms with van der Waals surface area (Å²) in [6.07, 6.45) is 1.82. The van der Waals surface area contributed by atoms with Crippen LogP contribution in [0.2, 0.25) is 0 Å². The Morgan fingerprint density at radius 1 is 0.939 bits per heavy atom. The topological polar surface area (TPSA) is 53.1 Å². The Balaban J connectivity index is 0.00000149. The first kappa shape index (κ1) is 23.8. The third kappa shape index (κ3) is 5.89. The number of rotatable bonds is 6. The number of furan rings is 1. The lowest BCUT2D eigenvalue weighted by molar-refractivity contribution is 0.601. The van der Waals surface area contributed by atoms with Crippen LogP contribution in [0, 0.1) is 13.8 Å². The van der Waals surface area contributed by atoms with E-state index in [2.05, 4.69) is 35.7 Å². The standard InChI is InChI=1S/C26H26N4O.C2H6/c1-18-9-8-12-23(15-18)30(4)29-20(3)25-16-24-21(14-13-19(2)26(24)31-25)17-27-28-22-10-6-5-7-11-22;1-2/h5-17,28H,1-4H3;1-2H3/b27-17-,29-20-;. The van der Waals surface area contributed by atoms with Gasteiger partial charge in [0, 0.05) is 18.0 Å². The fraction of sp³-hybridized carbons (Fsp3) is 0.214. The van der Waals surface area contributed by atoms with Gasteiger partial charge in [-0.2, -0.15) is 10.2 Å². The Labute approximate surface area is 196 Å². The Bertz CT molecular complexity index is 1260. The lowest BCUT2D eigenvalue weighted by atomic mass is 10.1. The van der Waals surface area contributed by atoms with Crippen molar-refractivity contribution in [3.8, 4) is 0 Å². The molecule has 0 saturated carbocycles. The van der Waals surface area contributed by atoms with Crippen LogP contribution in [0.5, 0.6) is 0 Å². The van der Waals surface area contributed by atoms with Gasteiger partial charge in [-0.1, -0.05) is 56.3 Å². The summed E-state index contributed by atoms with van der Waals surface area (Å²) in [6, 6.07) is 24.3. The van der Waals surface area contributed by atoms with Crippen molar-refractivity contribution in [2.45, 2.75) is 34.6 Å². The third-order valence-electron chi connectivity index (χ3n) is 5.12. The monoisotopic (exact) mass is 440 g/mol. The second kappa shape index (κ2) is 11.1. The van der Waals surface area contributed by atoms with Crippen LogP contribution < -0.4 is 10.4 Å². The number of fused-ring (bicyclic) bond motifs is 1. The van der Waals surface area contributed by atoms with Gasteiger partial charge in [0.05, 0.1) is 17.6 Å². The van der Waals surface area contributed by atoms with Crippen molar-refractivity contribution in [1.82, 2.24) is 0 Å². The third-order valence-corrected chi connectivity index (χ3v) is 5.12. The number of anilines is 2. The summed E-state index contributed by atoms with van der Waals surface area (Å²) in [5, 5.41) is 12.0. The van der Waals surface area contributed by atoms with Gasteiger partial charge in [-0.25, -0.2) is 0 Å². The molecule has 0 unspecified atom stereocenters. The van der Waals surface area contributed by atoms with E-state index in [1.165, 1.54) is 5.56 Å². The van der Waals surface area contributed by atoms with Gasteiger partial charge >= 0.3 is 0 Å². The molecule has 0 atom stereocenters. The molecule has 0 amide bonds. The minimum absolute atomic E-state index is 0.745. The second-order valence-electron chi connectivity index (χ2n) is 7.61. The molecule has 1 aromatic heterocycles. The van der Waals surface area contributed by atoms with Gasteiger partial charge in [0.2, 0.25) is 0 Å². The molecule has 4 rings (SSSR count). The minimum atomic E-state index is 0.745. The summed E-state index contributed by atoms with van der Waals surface area (Å²) in [7, 11) is 1.94. The molecule has 0 saturated heterocycles. The summed E-state index contributed by atoms with van der Waals surface area (Å²) >= 11 is 0. The van der Waals surface area contributed by atoms with Gasteiger partial charge in [-0.3, -0.25) is 10.4 Å². The van der Waals surface area contributed by atoms with Crippen molar-refractivity contribution in [3.05, 3.63) is 95.2 Å². The predicted molar refractivity (Wildman–Crippen MR) is 142 cm³/mol. The van der Waals surface area contributed by atoms with Crippen LogP contribution in [0.1, 0.15) is 43.2 Å². The summed E-state index contributed by atoms with van der Waals surface area (Å²) in [5.41, 5.74) is 9.96. The van der Waals surface area contributed by atoms with E-state index in [0.717, 1.165) is 44.9 Å². The zero-order valence-electron chi connectivity index (χ0n) is 20.3. The molecule has 0 aliphatic carbocycles. The number of nitrogens with zero attached hydrogens (tertiary/aromatic N) is 3. The lowest BCUT2D eigenvalue weighted by Crippen LogP contribution is -2.12. The molecule has 5 heteroatoms. The zero-order chi connectivity index (χ0) is 23.8. The minimum Gasteiger partial charge on any atom is -0.454 e. The molecule has 0 bridgehead atoms. The van der Waals surface area contributed by atoms with Crippen LogP contribution in [0.3, 0.4) is 0 Å². The van der Waals surface area contributed by atoms with Crippen LogP contribution in [-0.2, 0) is 0 Å². The van der Waals surface area contributed by atoms with Crippen molar-refractivity contribution in [3.63, 3.8) is 0 Å². The van der Waals surface area contributed by atoms with Crippen LogP contribution in [-0.4, -0.2) is 19.0 Å². The highest BCUT2D eigenvalue weighted by Crippen LogP contribution is 2.26. The molecule has 33 heavy (non-hydrogen) atoms. The first-order valence-electron chi connectivity index (χ1n) is 11.2. The van der Waals surface area contributed by atoms with Crippen LogP contribution in [0.15, 0.2) is 87.4 Å². The van der Waals surface area contributed by atoms with E-state index >= 15 is 0 Å². The number of hydrogen-bond donors (Lipinski definition) is 1. The Morgan fingerprint density at radius 2 is 1.70 bits per heavy atom. The number of hydrogen-bond acceptors (Lipinski definition) is 5. The molecule has 0 aliphatic heterocycles. The largest absolute Gasteiger partial charge is 0.454 e. The number of hydrazone groups is 2. The summed E-state index contributed by atoms with van der Waals surface area (Å²) in [4.78, 5) is 0. The van der Waals surface area contributed by atoms with Gasteiger partial charge in [-0.15, -0.1) is 0 Å². The zero-order valence-corrected chi connectivity index (χ0v) is 20.3. The highest BCUT2D eigenvalue weighted by atomic mass is 16.3. The summed E-state index contributed by atoms with van der Waals surface area (Å²) in [6.45, 7) is 10.1. The summed E-state index contributed by atoms with van der Waals surface area (Å²) < 4.78 is 6.19. The highest BCUT2D eigenvalue weighted by molar-refractivity contribution is 6.05. The average molecular weight is 441 g/mol. The van der Waals surface area contributed by atoms with Crippen LogP contribution in [0.25, 0.3) is 11.0 Å². The maximum absolute atomic E-state index is 6.19.